The summed E-state index contributed by atoms with van der Waals surface area (Å²) in [6, 6.07) is 22.5. The van der Waals surface area contributed by atoms with Gasteiger partial charge in [-0.15, -0.1) is 0 Å². The van der Waals surface area contributed by atoms with Crippen molar-refractivity contribution in [2.45, 2.75) is 0 Å². The minimum absolute atomic E-state index is 0.0964. The average molecular weight is 418 g/mol. The molecule has 30 heavy (non-hydrogen) atoms. The number of benzene rings is 3. The van der Waals surface area contributed by atoms with Gasteiger partial charge < -0.3 is 9.47 Å². The third-order valence-corrected chi connectivity index (χ3v) is 5.14. The number of anilines is 1. The van der Waals surface area contributed by atoms with Gasteiger partial charge in [-0.3, -0.25) is 9.69 Å². The summed E-state index contributed by atoms with van der Waals surface area (Å²) in [6.45, 7) is 0. The molecule has 0 unspecified atom stereocenters. The van der Waals surface area contributed by atoms with E-state index < -0.39 is 0 Å². The summed E-state index contributed by atoms with van der Waals surface area (Å²) in [4.78, 5) is 15.1. The summed E-state index contributed by atoms with van der Waals surface area (Å²) in [5.74, 6) is 1.41. The SMILES string of the molecule is COc1ccc(C=C2C=C(c3ccc(Cl)cc3)N(c3ccc(OC)cc3)C2=O)cc1. The molecular formula is C25H20ClNO3. The number of hydrogen-bond acceptors (Lipinski definition) is 3. The van der Waals surface area contributed by atoms with Crippen molar-refractivity contribution in [1.82, 2.24) is 0 Å². The molecule has 3 aromatic carbocycles. The van der Waals surface area contributed by atoms with E-state index in [1.165, 1.54) is 0 Å². The highest BCUT2D eigenvalue weighted by Crippen LogP contribution is 2.36. The molecular weight excluding hydrogens is 398 g/mol. The standard InChI is InChI=1S/C25H20ClNO3/c1-29-22-11-3-17(4-12-22)15-19-16-24(18-5-7-20(26)8-6-18)27(25(19)28)21-9-13-23(30-2)14-10-21/h3-16H,1-2H3. The molecule has 150 valence electrons. The van der Waals surface area contributed by atoms with Crippen molar-refractivity contribution in [3.05, 3.63) is 101 Å². The van der Waals surface area contributed by atoms with Crippen molar-refractivity contribution in [2.24, 2.45) is 0 Å². The van der Waals surface area contributed by atoms with Crippen LogP contribution in [0.15, 0.2) is 84.4 Å². The summed E-state index contributed by atoms with van der Waals surface area (Å²) in [5, 5.41) is 0.647. The summed E-state index contributed by atoms with van der Waals surface area (Å²) >= 11 is 6.06. The third-order valence-electron chi connectivity index (χ3n) is 4.89. The van der Waals surface area contributed by atoms with Crippen molar-refractivity contribution >= 4 is 35.0 Å². The number of ether oxygens (including phenoxy) is 2. The van der Waals surface area contributed by atoms with Gasteiger partial charge in [0, 0.05) is 16.3 Å². The van der Waals surface area contributed by atoms with Crippen LogP contribution in [0.1, 0.15) is 11.1 Å². The molecule has 3 aromatic rings. The van der Waals surface area contributed by atoms with Crippen LogP contribution in [0.3, 0.4) is 0 Å². The summed E-state index contributed by atoms with van der Waals surface area (Å²) < 4.78 is 10.5. The molecule has 0 bridgehead atoms. The van der Waals surface area contributed by atoms with Crippen molar-refractivity contribution in [1.29, 1.82) is 0 Å². The number of hydrogen-bond donors (Lipinski definition) is 0. The van der Waals surface area contributed by atoms with Crippen molar-refractivity contribution in [3.63, 3.8) is 0 Å². The summed E-state index contributed by atoms with van der Waals surface area (Å²) in [5.41, 5.74) is 3.98. The second-order valence-corrected chi connectivity index (χ2v) is 7.18. The first-order valence-electron chi connectivity index (χ1n) is 9.41. The fraction of sp³-hybridized carbons (Fsp3) is 0.0800. The van der Waals surface area contributed by atoms with Gasteiger partial charge >= 0.3 is 0 Å². The minimum atomic E-state index is -0.0964. The lowest BCUT2D eigenvalue weighted by Crippen LogP contribution is -2.24. The van der Waals surface area contributed by atoms with Crippen molar-refractivity contribution in [2.75, 3.05) is 19.1 Å². The van der Waals surface area contributed by atoms with Crippen LogP contribution >= 0.6 is 11.6 Å². The topological polar surface area (TPSA) is 38.8 Å². The molecule has 0 saturated heterocycles. The second kappa shape index (κ2) is 8.47. The van der Waals surface area contributed by atoms with Crippen LogP contribution in [0.2, 0.25) is 5.02 Å². The van der Waals surface area contributed by atoms with Crippen LogP contribution in [-0.4, -0.2) is 20.1 Å². The molecule has 0 N–H and O–H groups in total. The number of amides is 1. The highest BCUT2D eigenvalue weighted by molar-refractivity contribution is 6.30. The Bertz CT molecular complexity index is 1110. The molecule has 0 aromatic heterocycles. The number of halogens is 1. The molecule has 5 heteroatoms. The maximum Gasteiger partial charge on any atom is 0.262 e. The highest BCUT2D eigenvalue weighted by Gasteiger charge is 2.30. The Morgan fingerprint density at radius 2 is 1.37 bits per heavy atom. The molecule has 4 rings (SSSR count). The maximum atomic E-state index is 13.4. The fourth-order valence-electron chi connectivity index (χ4n) is 3.32. The van der Waals surface area contributed by atoms with Crippen LogP contribution in [0.4, 0.5) is 5.69 Å². The van der Waals surface area contributed by atoms with Crippen LogP contribution in [0.25, 0.3) is 11.8 Å². The van der Waals surface area contributed by atoms with Crippen LogP contribution in [-0.2, 0) is 4.79 Å². The van der Waals surface area contributed by atoms with Crippen molar-refractivity contribution in [3.8, 4) is 11.5 Å². The second-order valence-electron chi connectivity index (χ2n) is 6.75. The molecule has 0 atom stereocenters. The summed E-state index contributed by atoms with van der Waals surface area (Å²) in [6.07, 6.45) is 3.78. The average Bonchev–Trinajstić information content (AvgIpc) is 3.10. The van der Waals surface area contributed by atoms with Gasteiger partial charge in [0.15, 0.2) is 0 Å². The monoisotopic (exact) mass is 417 g/mol. The van der Waals surface area contributed by atoms with Gasteiger partial charge in [0.05, 0.1) is 19.9 Å². The van der Waals surface area contributed by atoms with E-state index in [2.05, 4.69) is 0 Å². The molecule has 1 heterocycles. The van der Waals surface area contributed by atoms with Crippen LogP contribution in [0.5, 0.6) is 11.5 Å². The van der Waals surface area contributed by atoms with Crippen molar-refractivity contribution < 1.29 is 14.3 Å². The van der Waals surface area contributed by atoms with Gasteiger partial charge in [-0.2, -0.15) is 0 Å². The number of carbonyl (C=O) groups excluding carboxylic acids is 1. The lowest BCUT2D eigenvalue weighted by Gasteiger charge is -2.21. The molecule has 0 spiro atoms. The Hall–Kier alpha value is -3.50. The Morgan fingerprint density at radius 3 is 1.93 bits per heavy atom. The lowest BCUT2D eigenvalue weighted by molar-refractivity contribution is -0.113. The number of carbonyl (C=O) groups is 1. The quantitative estimate of drug-likeness (QED) is 0.490. The zero-order valence-corrected chi connectivity index (χ0v) is 17.4. The Labute approximate surface area is 180 Å². The molecule has 0 saturated carbocycles. The van der Waals surface area contributed by atoms with Crippen LogP contribution < -0.4 is 14.4 Å². The number of nitrogens with zero attached hydrogens (tertiary/aromatic N) is 1. The predicted octanol–water partition coefficient (Wildman–Crippen LogP) is 5.83. The largest absolute Gasteiger partial charge is 0.497 e. The van der Waals surface area contributed by atoms with E-state index in [1.54, 1.807) is 19.1 Å². The normalized spacial score (nSPS) is 14.8. The van der Waals surface area contributed by atoms with Gasteiger partial charge in [-0.25, -0.2) is 0 Å². The van der Waals surface area contributed by atoms with Gasteiger partial charge in [0.2, 0.25) is 0 Å². The van der Waals surface area contributed by atoms with E-state index >= 15 is 0 Å². The van der Waals surface area contributed by atoms with Gasteiger partial charge in [-0.1, -0.05) is 35.9 Å². The molecule has 0 radical (unpaired) electrons. The van der Waals surface area contributed by atoms with E-state index in [1.807, 2.05) is 84.9 Å². The van der Waals surface area contributed by atoms with Gasteiger partial charge in [0.25, 0.3) is 5.91 Å². The summed E-state index contributed by atoms with van der Waals surface area (Å²) in [7, 11) is 3.24. The predicted molar refractivity (Wildman–Crippen MR) is 121 cm³/mol. The first-order valence-corrected chi connectivity index (χ1v) is 9.79. The lowest BCUT2D eigenvalue weighted by atomic mass is 10.1. The Morgan fingerprint density at radius 1 is 0.800 bits per heavy atom. The third kappa shape index (κ3) is 3.95. The van der Waals surface area contributed by atoms with E-state index in [0.717, 1.165) is 34.0 Å². The first kappa shape index (κ1) is 19.8. The highest BCUT2D eigenvalue weighted by atomic mass is 35.5. The number of methoxy groups -OCH3 is 2. The van der Waals surface area contributed by atoms with Crippen LogP contribution in [0, 0.1) is 0 Å². The fourth-order valence-corrected chi connectivity index (χ4v) is 3.44. The number of rotatable bonds is 5. The zero-order chi connectivity index (χ0) is 21.1. The maximum absolute atomic E-state index is 13.4. The molecule has 1 aliphatic rings. The van der Waals surface area contributed by atoms with E-state index in [-0.39, 0.29) is 5.91 Å². The van der Waals surface area contributed by atoms with E-state index in [0.29, 0.717) is 10.6 Å². The Balaban J connectivity index is 1.77. The Kier molecular flexibility index (Phi) is 5.59. The zero-order valence-electron chi connectivity index (χ0n) is 16.6. The van der Waals surface area contributed by atoms with Gasteiger partial charge in [0.1, 0.15) is 11.5 Å². The minimum Gasteiger partial charge on any atom is -0.497 e. The first-order chi connectivity index (χ1) is 14.6. The molecule has 0 fully saturated rings. The molecule has 1 amide bonds. The smallest absolute Gasteiger partial charge is 0.262 e. The van der Waals surface area contributed by atoms with Gasteiger partial charge in [-0.05, 0) is 71.8 Å². The molecule has 1 aliphatic heterocycles. The molecule has 0 aliphatic carbocycles. The van der Waals surface area contributed by atoms with E-state index in [4.69, 9.17) is 21.1 Å². The molecule has 4 nitrogen and oxygen atoms in total. The van der Waals surface area contributed by atoms with E-state index in [9.17, 15) is 4.79 Å².